The number of carbonyl (C=O) groups is 2. The van der Waals surface area contributed by atoms with Crippen molar-refractivity contribution < 1.29 is 19.1 Å². The van der Waals surface area contributed by atoms with Crippen molar-refractivity contribution in [3.05, 3.63) is 93.9 Å². The van der Waals surface area contributed by atoms with E-state index in [4.69, 9.17) is 21.1 Å². The van der Waals surface area contributed by atoms with E-state index < -0.39 is 5.97 Å². The molecule has 1 N–H and O–H groups in total. The highest BCUT2D eigenvalue weighted by atomic mass is 35.5. The number of ether oxygens (including phenoxy) is 2. The molecule has 0 aliphatic carbocycles. The van der Waals surface area contributed by atoms with Crippen molar-refractivity contribution in [2.24, 2.45) is 4.99 Å². The van der Waals surface area contributed by atoms with E-state index in [1.807, 2.05) is 18.2 Å². The molecule has 0 spiro atoms. The van der Waals surface area contributed by atoms with Gasteiger partial charge in [0.1, 0.15) is 0 Å². The topological polar surface area (TPSA) is 77.0 Å². The zero-order valence-electron chi connectivity index (χ0n) is 16.9. The number of amides is 1. The fraction of sp³-hybridized carbons (Fsp3) is 0.0417. The van der Waals surface area contributed by atoms with Crippen LogP contribution >= 0.6 is 23.4 Å². The highest BCUT2D eigenvalue weighted by Crippen LogP contribution is 2.33. The van der Waals surface area contributed by atoms with Gasteiger partial charge in [0.25, 0.3) is 5.91 Å². The molecule has 0 saturated carbocycles. The SMILES string of the molecule is COc1cc(/C=C2/SC(=Nc3ccccc3Cl)NC2=O)ccc1OC(=O)c1ccccc1. The number of aliphatic imine (C=N–C) groups is 1. The average molecular weight is 465 g/mol. The summed E-state index contributed by atoms with van der Waals surface area (Å²) in [6, 6.07) is 20.9. The van der Waals surface area contributed by atoms with Crippen LogP contribution in [0.2, 0.25) is 5.02 Å². The third-order valence-corrected chi connectivity index (χ3v) is 5.65. The number of amidine groups is 1. The molecule has 6 nitrogen and oxygen atoms in total. The summed E-state index contributed by atoms with van der Waals surface area (Å²) in [6.07, 6.45) is 1.71. The fourth-order valence-corrected chi connectivity index (χ4v) is 3.89. The van der Waals surface area contributed by atoms with E-state index in [1.54, 1.807) is 60.7 Å². The maximum absolute atomic E-state index is 12.4. The predicted octanol–water partition coefficient (Wildman–Crippen LogP) is 5.46. The van der Waals surface area contributed by atoms with E-state index in [9.17, 15) is 9.59 Å². The van der Waals surface area contributed by atoms with E-state index in [1.165, 1.54) is 18.9 Å². The highest BCUT2D eigenvalue weighted by Gasteiger charge is 2.24. The molecule has 0 unspecified atom stereocenters. The summed E-state index contributed by atoms with van der Waals surface area (Å²) < 4.78 is 10.8. The zero-order chi connectivity index (χ0) is 22.5. The maximum atomic E-state index is 12.4. The lowest BCUT2D eigenvalue weighted by Gasteiger charge is -2.10. The smallest absolute Gasteiger partial charge is 0.343 e. The van der Waals surface area contributed by atoms with E-state index >= 15 is 0 Å². The second-order valence-corrected chi connectivity index (χ2v) is 8.04. The first-order valence-electron chi connectivity index (χ1n) is 9.53. The van der Waals surface area contributed by atoms with E-state index in [2.05, 4.69) is 10.3 Å². The normalized spacial score (nSPS) is 15.6. The maximum Gasteiger partial charge on any atom is 0.343 e. The van der Waals surface area contributed by atoms with Crippen molar-refractivity contribution >= 4 is 52.2 Å². The van der Waals surface area contributed by atoms with Crippen molar-refractivity contribution in [2.45, 2.75) is 0 Å². The molecular formula is C24H17ClN2O4S. The quantitative estimate of drug-likeness (QED) is 0.308. The van der Waals surface area contributed by atoms with Crippen LogP contribution in [0.4, 0.5) is 5.69 Å². The molecule has 3 aromatic rings. The van der Waals surface area contributed by atoms with Gasteiger partial charge in [0.15, 0.2) is 16.7 Å². The van der Waals surface area contributed by atoms with Gasteiger partial charge < -0.3 is 14.8 Å². The van der Waals surface area contributed by atoms with Crippen LogP contribution in [0.1, 0.15) is 15.9 Å². The Balaban J connectivity index is 1.53. The monoisotopic (exact) mass is 464 g/mol. The Kier molecular flexibility index (Phi) is 6.58. The van der Waals surface area contributed by atoms with E-state index in [0.29, 0.717) is 37.7 Å². The lowest BCUT2D eigenvalue weighted by molar-refractivity contribution is -0.115. The Bertz CT molecular complexity index is 1240. The molecule has 1 aliphatic rings. The average Bonchev–Trinajstić information content (AvgIpc) is 3.15. The number of para-hydroxylation sites is 1. The molecular weight excluding hydrogens is 448 g/mol. The molecule has 32 heavy (non-hydrogen) atoms. The Labute approximate surface area is 193 Å². The Hall–Kier alpha value is -3.55. The summed E-state index contributed by atoms with van der Waals surface area (Å²) in [6.45, 7) is 0. The lowest BCUT2D eigenvalue weighted by atomic mass is 10.2. The molecule has 3 aromatic carbocycles. The summed E-state index contributed by atoms with van der Waals surface area (Å²) in [5, 5.41) is 3.67. The summed E-state index contributed by atoms with van der Waals surface area (Å²) in [7, 11) is 1.48. The van der Waals surface area contributed by atoms with Crippen LogP contribution in [-0.4, -0.2) is 24.2 Å². The van der Waals surface area contributed by atoms with Gasteiger partial charge in [0, 0.05) is 0 Å². The lowest BCUT2D eigenvalue weighted by Crippen LogP contribution is -2.19. The fourth-order valence-electron chi connectivity index (χ4n) is 2.88. The summed E-state index contributed by atoms with van der Waals surface area (Å²) in [4.78, 5) is 29.6. The number of rotatable bonds is 5. The number of benzene rings is 3. The van der Waals surface area contributed by atoms with Gasteiger partial charge >= 0.3 is 5.97 Å². The third-order valence-electron chi connectivity index (χ3n) is 4.42. The minimum atomic E-state index is -0.485. The second kappa shape index (κ2) is 9.72. The zero-order valence-corrected chi connectivity index (χ0v) is 18.4. The standard InChI is InChI=1S/C24H17ClN2O4S/c1-30-20-13-15(11-12-19(20)31-23(29)16-7-3-2-4-8-16)14-21-22(28)27-24(32-21)26-18-10-6-5-9-17(18)25/h2-14H,1H3,(H,26,27,28)/b21-14+. The molecule has 0 atom stereocenters. The number of carbonyl (C=O) groups excluding carboxylic acids is 2. The summed E-state index contributed by atoms with van der Waals surface area (Å²) >= 11 is 7.34. The van der Waals surface area contributed by atoms with Crippen LogP contribution < -0.4 is 14.8 Å². The molecule has 1 aliphatic heterocycles. The number of nitrogens with one attached hydrogen (secondary N) is 1. The van der Waals surface area contributed by atoms with Crippen molar-refractivity contribution in [2.75, 3.05) is 7.11 Å². The Morgan fingerprint density at radius 1 is 1.03 bits per heavy atom. The number of thioether (sulfide) groups is 1. The Morgan fingerprint density at radius 3 is 2.53 bits per heavy atom. The number of halogens is 1. The van der Waals surface area contributed by atoms with Crippen LogP contribution in [0.25, 0.3) is 6.08 Å². The molecule has 1 heterocycles. The molecule has 1 fully saturated rings. The minimum Gasteiger partial charge on any atom is -0.493 e. The van der Waals surface area contributed by atoms with Crippen LogP contribution in [-0.2, 0) is 4.79 Å². The molecule has 8 heteroatoms. The van der Waals surface area contributed by atoms with Gasteiger partial charge in [-0.15, -0.1) is 0 Å². The van der Waals surface area contributed by atoms with Crippen LogP contribution in [0, 0.1) is 0 Å². The minimum absolute atomic E-state index is 0.264. The summed E-state index contributed by atoms with van der Waals surface area (Å²) in [5.41, 5.74) is 1.72. The second-order valence-electron chi connectivity index (χ2n) is 6.60. The van der Waals surface area contributed by atoms with Crippen molar-refractivity contribution in [1.82, 2.24) is 5.32 Å². The van der Waals surface area contributed by atoms with Gasteiger partial charge in [-0.05, 0) is 59.8 Å². The molecule has 4 rings (SSSR count). The van der Waals surface area contributed by atoms with Crippen molar-refractivity contribution in [3.8, 4) is 11.5 Å². The van der Waals surface area contributed by atoms with Gasteiger partial charge in [0.05, 0.1) is 28.3 Å². The predicted molar refractivity (Wildman–Crippen MR) is 127 cm³/mol. The number of methoxy groups -OCH3 is 1. The first kappa shape index (κ1) is 21.7. The molecule has 1 amide bonds. The first-order valence-corrected chi connectivity index (χ1v) is 10.7. The van der Waals surface area contributed by atoms with Gasteiger partial charge in [0.2, 0.25) is 0 Å². The molecule has 1 saturated heterocycles. The number of nitrogens with zero attached hydrogens (tertiary/aromatic N) is 1. The van der Waals surface area contributed by atoms with E-state index in [0.717, 1.165) is 0 Å². The first-order chi connectivity index (χ1) is 15.5. The van der Waals surface area contributed by atoms with Gasteiger partial charge in [-0.3, -0.25) is 4.79 Å². The third kappa shape index (κ3) is 5.01. The number of esters is 1. The molecule has 0 radical (unpaired) electrons. The molecule has 0 aromatic heterocycles. The van der Waals surface area contributed by atoms with Crippen molar-refractivity contribution in [3.63, 3.8) is 0 Å². The summed E-state index contributed by atoms with van der Waals surface area (Å²) in [5.74, 6) is -0.0921. The molecule has 160 valence electrons. The van der Waals surface area contributed by atoms with E-state index in [-0.39, 0.29) is 11.7 Å². The van der Waals surface area contributed by atoms with Crippen molar-refractivity contribution in [1.29, 1.82) is 0 Å². The van der Waals surface area contributed by atoms with Gasteiger partial charge in [-0.1, -0.05) is 48.0 Å². The molecule has 0 bridgehead atoms. The number of hydrogen-bond acceptors (Lipinski definition) is 6. The van der Waals surface area contributed by atoms with Crippen LogP contribution in [0.5, 0.6) is 11.5 Å². The van der Waals surface area contributed by atoms with Gasteiger partial charge in [-0.2, -0.15) is 0 Å². The van der Waals surface area contributed by atoms with Crippen LogP contribution in [0.3, 0.4) is 0 Å². The highest BCUT2D eigenvalue weighted by molar-refractivity contribution is 8.18. The van der Waals surface area contributed by atoms with Gasteiger partial charge in [-0.25, -0.2) is 9.79 Å². The van der Waals surface area contributed by atoms with Crippen LogP contribution in [0.15, 0.2) is 82.7 Å². The Morgan fingerprint density at radius 2 is 1.78 bits per heavy atom. The number of hydrogen-bond donors (Lipinski definition) is 1. The largest absolute Gasteiger partial charge is 0.493 e.